The van der Waals surface area contributed by atoms with Gasteiger partial charge in [-0.15, -0.1) is 11.8 Å². The van der Waals surface area contributed by atoms with Gasteiger partial charge in [0.05, 0.1) is 15.8 Å². The lowest BCUT2D eigenvalue weighted by molar-refractivity contribution is -0.139. The van der Waals surface area contributed by atoms with E-state index < -0.39 is 6.04 Å². The monoisotopic (exact) mass is 534 g/mol. The van der Waals surface area contributed by atoms with E-state index in [-0.39, 0.29) is 17.9 Å². The molecule has 35 heavy (non-hydrogen) atoms. The smallest absolute Gasteiger partial charge is 0.243 e. The van der Waals surface area contributed by atoms with Crippen molar-refractivity contribution in [2.24, 2.45) is 0 Å². The van der Waals surface area contributed by atoms with Gasteiger partial charge in [-0.2, -0.15) is 0 Å². The van der Waals surface area contributed by atoms with Crippen LogP contribution in [-0.4, -0.2) is 34.6 Å². The molecular weight excluding hydrogens is 499 g/mol. The zero-order valence-corrected chi connectivity index (χ0v) is 23.2. The summed E-state index contributed by atoms with van der Waals surface area (Å²) in [6, 6.07) is 11.5. The molecule has 0 spiro atoms. The number of nitrogens with zero attached hydrogens (tertiary/aromatic N) is 1. The SMILES string of the molecule is CC[C@@H](C(=O)NC1CCCCC1)N(Cc1ccc(Cl)c(Cl)c1)C(=O)CSCc1cc(C)cc(C)c1. The van der Waals surface area contributed by atoms with Crippen LogP contribution in [0.5, 0.6) is 0 Å². The van der Waals surface area contributed by atoms with E-state index in [4.69, 9.17) is 23.2 Å². The molecular formula is C28H36Cl2N2O2S. The third kappa shape index (κ3) is 8.44. The predicted octanol–water partition coefficient (Wildman–Crippen LogP) is 7.10. The molecule has 0 aromatic heterocycles. The first-order valence-corrected chi connectivity index (χ1v) is 14.4. The molecule has 2 aromatic carbocycles. The van der Waals surface area contributed by atoms with Crippen molar-refractivity contribution in [2.75, 3.05) is 5.75 Å². The largest absolute Gasteiger partial charge is 0.352 e. The van der Waals surface area contributed by atoms with E-state index in [1.807, 2.05) is 13.0 Å². The molecule has 190 valence electrons. The number of rotatable bonds is 10. The Labute approximate surface area is 224 Å². The van der Waals surface area contributed by atoms with Crippen LogP contribution in [0.3, 0.4) is 0 Å². The summed E-state index contributed by atoms with van der Waals surface area (Å²) in [6.07, 6.45) is 6.07. The molecule has 1 saturated carbocycles. The minimum absolute atomic E-state index is 0.0453. The van der Waals surface area contributed by atoms with Crippen molar-refractivity contribution in [3.63, 3.8) is 0 Å². The van der Waals surface area contributed by atoms with E-state index in [0.29, 0.717) is 28.8 Å². The standard InChI is InChI=1S/C28H36Cl2N2O2S/c1-4-26(28(34)31-23-8-6-5-7-9-23)32(16-21-10-11-24(29)25(30)15-21)27(33)18-35-17-22-13-19(2)12-20(3)14-22/h10-15,23,26H,4-9,16-18H2,1-3H3,(H,31,34)/t26-/m0/s1. The van der Waals surface area contributed by atoms with Gasteiger partial charge in [-0.1, -0.05) is 84.8 Å². The second kappa shape index (κ2) is 13.6. The van der Waals surface area contributed by atoms with E-state index in [9.17, 15) is 9.59 Å². The van der Waals surface area contributed by atoms with Crippen LogP contribution in [0.15, 0.2) is 36.4 Å². The highest BCUT2D eigenvalue weighted by Gasteiger charge is 2.30. The molecule has 7 heteroatoms. The molecule has 0 aliphatic heterocycles. The highest BCUT2D eigenvalue weighted by Crippen LogP contribution is 2.25. The summed E-state index contributed by atoms with van der Waals surface area (Å²) < 4.78 is 0. The summed E-state index contributed by atoms with van der Waals surface area (Å²) in [5.74, 6) is 0.949. The van der Waals surface area contributed by atoms with Crippen LogP contribution in [0.4, 0.5) is 0 Å². The van der Waals surface area contributed by atoms with E-state index in [1.165, 1.54) is 23.1 Å². The Morgan fingerprint density at radius 1 is 1.00 bits per heavy atom. The van der Waals surface area contributed by atoms with E-state index in [2.05, 4.69) is 37.4 Å². The molecule has 1 aliphatic rings. The van der Waals surface area contributed by atoms with Gasteiger partial charge in [0.25, 0.3) is 0 Å². The quantitative estimate of drug-likeness (QED) is 0.353. The highest BCUT2D eigenvalue weighted by molar-refractivity contribution is 7.99. The number of aryl methyl sites for hydroxylation is 2. The topological polar surface area (TPSA) is 49.4 Å². The Hall–Kier alpha value is -1.69. The maximum Gasteiger partial charge on any atom is 0.243 e. The number of carbonyl (C=O) groups is 2. The summed E-state index contributed by atoms with van der Waals surface area (Å²) in [7, 11) is 0. The molecule has 0 unspecified atom stereocenters. The summed E-state index contributed by atoms with van der Waals surface area (Å²) in [5, 5.41) is 4.14. The van der Waals surface area contributed by atoms with Gasteiger partial charge >= 0.3 is 0 Å². The maximum atomic E-state index is 13.5. The van der Waals surface area contributed by atoms with Crippen LogP contribution in [-0.2, 0) is 21.9 Å². The third-order valence-electron chi connectivity index (χ3n) is 6.45. The van der Waals surface area contributed by atoms with Gasteiger partial charge in [0, 0.05) is 18.3 Å². The number of amides is 2. The first-order chi connectivity index (χ1) is 16.8. The molecule has 1 fully saturated rings. The van der Waals surface area contributed by atoms with Crippen LogP contribution in [0, 0.1) is 13.8 Å². The fourth-order valence-corrected chi connectivity index (χ4v) is 5.96. The van der Waals surface area contributed by atoms with Gasteiger partial charge in [-0.05, 0) is 56.4 Å². The van der Waals surface area contributed by atoms with Crippen molar-refractivity contribution in [3.05, 3.63) is 68.7 Å². The second-order valence-corrected chi connectivity index (χ2v) is 11.3. The molecule has 1 N–H and O–H groups in total. The van der Waals surface area contributed by atoms with Crippen LogP contribution in [0.2, 0.25) is 10.0 Å². The number of benzene rings is 2. The van der Waals surface area contributed by atoms with Crippen LogP contribution >= 0.6 is 35.0 Å². The van der Waals surface area contributed by atoms with E-state index >= 15 is 0 Å². The molecule has 1 aliphatic carbocycles. The van der Waals surface area contributed by atoms with Crippen LogP contribution < -0.4 is 5.32 Å². The normalized spacial score (nSPS) is 15.0. The van der Waals surface area contributed by atoms with Gasteiger partial charge in [0.2, 0.25) is 11.8 Å². The average molecular weight is 536 g/mol. The molecule has 3 rings (SSSR count). The van der Waals surface area contributed by atoms with Gasteiger partial charge in [0.1, 0.15) is 6.04 Å². The van der Waals surface area contributed by atoms with Crippen molar-refractivity contribution < 1.29 is 9.59 Å². The lowest BCUT2D eigenvalue weighted by atomic mass is 9.95. The molecule has 2 aromatic rings. The lowest BCUT2D eigenvalue weighted by Gasteiger charge is -2.33. The Balaban J connectivity index is 1.73. The molecule has 1 atom stereocenters. The molecule has 0 heterocycles. The van der Waals surface area contributed by atoms with Gasteiger partial charge < -0.3 is 10.2 Å². The van der Waals surface area contributed by atoms with Crippen LogP contribution in [0.1, 0.15) is 67.7 Å². The molecule has 0 bridgehead atoms. The average Bonchev–Trinajstić information content (AvgIpc) is 2.81. The van der Waals surface area contributed by atoms with Gasteiger partial charge in [-0.25, -0.2) is 0 Å². The van der Waals surface area contributed by atoms with Crippen LogP contribution in [0.25, 0.3) is 0 Å². The van der Waals surface area contributed by atoms with Crippen molar-refractivity contribution in [1.29, 1.82) is 0 Å². The van der Waals surface area contributed by atoms with Crippen molar-refractivity contribution >= 4 is 46.8 Å². The van der Waals surface area contributed by atoms with Gasteiger partial charge in [-0.3, -0.25) is 9.59 Å². The third-order valence-corrected chi connectivity index (χ3v) is 8.18. The fourth-order valence-electron chi connectivity index (χ4n) is 4.79. The Kier molecular flexibility index (Phi) is 10.8. The molecule has 4 nitrogen and oxygen atoms in total. The first kappa shape index (κ1) is 27.9. The van der Waals surface area contributed by atoms with E-state index in [0.717, 1.165) is 37.0 Å². The first-order valence-electron chi connectivity index (χ1n) is 12.5. The van der Waals surface area contributed by atoms with Gasteiger partial charge in [0.15, 0.2) is 0 Å². The predicted molar refractivity (Wildman–Crippen MR) is 148 cm³/mol. The van der Waals surface area contributed by atoms with E-state index in [1.54, 1.807) is 28.8 Å². The maximum absolute atomic E-state index is 13.5. The Morgan fingerprint density at radius 3 is 2.31 bits per heavy atom. The highest BCUT2D eigenvalue weighted by atomic mass is 35.5. The molecule has 0 saturated heterocycles. The van der Waals surface area contributed by atoms with Crippen molar-refractivity contribution in [1.82, 2.24) is 10.2 Å². The molecule has 2 amide bonds. The van der Waals surface area contributed by atoms with Crippen molar-refractivity contribution in [3.8, 4) is 0 Å². The number of hydrogen-bond donors (Lipinski definition) is 1. The number of hydrogen-bond acceptors (Lipinski definition) is 3. The lowest BCUT2D eigenvalue weighted by Crippen LogP contribution is -2.52. The summed E-state index contributed by atoms with van der Waals surface area (Å²) in [5.41, 5.74) is 4.51. The Bertz CT molecular complexity index is 1000. The minimum Gasteiger partial charge on any atom is -0.352 e. The van der Waals surface area contributed by atoms with Crippen molar-refractivity contribution in [2.45, 2.75) is 83.7 Å². The summed E-state index contributed by atoms with van der Waals surface area (Å²) >= 11 is 13.9. The zero-order valence-electron chi connectivity index (χ0n) is 20.9. The number of carbonyl (C=O) groups excluding carboxylic acids is 2. The number of halogens is 2. The number of thioether (sulfide) groups is 1. The fraction of sp³-hybridized carbons (Fsp3) is 0.500. The molecule has 0 radical (unpaired) electrons. The zero-order chi connectivity index (χ0) is 25.4. The number of nitrogens with one attached hydrogen (secondary N) is 1. The summed E-state index contributed by atoms with van der Waals surface area (Å²) in [4.78, 5) is 28.5. The minimum atomic E-state index is -0.527. The Morgan fingerprint density at radius 2 is 1.69 bits per heavy atom. The second-order valence-electron chi connectivity index (χ2n) is 9.53. The summed E-state index contributed by atoms with van der Waals surface area (Å²) in [6.45, 7) is 6.45.